The summed E-state index contributed by atoms with van der Waals surface area (Å²) >= 11 is 4.58. The molecule has 0 aliphatic carbocycles. The third-order valence-corrected chi connectivity index (χ3v) is 1.15. The summed E-state index contributed by atoms with van der Waals surface area (Å²) in [5.41, 5.74) is 5.18. The van der Waals surface area contributed by atoms with E-state index in [1.54, 1.807) is 0 Å². The number of carbonyl (C=O) groups is 1. The predicted octanol–water partition coefficient (Wildman–Crippen LogP) is 1.28. The largest absolute Gasteiger partial charge is 0.393 e. The predicted molar refractivity (Wildman–Crippen MR) is 45.9 cm³/mol. The highest BCUT2D eigenvalue weighted by Gasteiger charge is 2.05. The van der Waals surface area contributed by atoms with Gasteiger partial charge < -0.3 is 5.73 Å². The molecule has 0 saturated carbocycles. The maximum atomic E-state index is 10.9. The molecule has 10 heavy (non-hydrogen) atoms. The Hall–Kier alpha value is -0.440. The van der Waals surface area contributed by atoms with Gasteiger partial charge in [0, 0.05) is 6.42 Å². The SMILES string of the molecule is CC(C)CC(=O)CC(N)=S. The topological polar surface area (TPSA) is 43.1 Å². The molecule has 3 heteroatoms. The zero-order valence-electron chi connectivity index (χ0n) is 6.39. The maximum absolute atomic E-state index is 10.9. The summed E-state index contributed by atoms with van der Waals surface area (Å²) in [6.45, 7) is 3.99. The highest BCUT2D eigenvalue weighted by atomic mass is 32.1. The fourth-order valence-corrected chi connectivity index (χ4v) is 0.883. The van der Waals surface area contributed by atoms with Crippen LogP contribution in [-0.4, -0.2) is 10.8 Å². The van der Waals surface area contributed by atoms with Crippen molar-refractivity contribution in [3.8, 4) is 0 Å². The average Bonchev–Trinajstić information content (AvgIpc) is 1.58. The van der Waals surface area contributed by atoms with Crippen LogP contribution in [0.5, 0.6) is 0 Å². The Bertz CT molecular complexity index is 143. The first-order chi connectivity index (χ1) is 4.52. The Balaban J connectivity index is 3.54. The molecule has 58 valence electrons. The second kappa shape index (κ2) is 4.39. The molecule has 2 N–H and O–H groups in total. The molecule has 0 amide bonds. The zero-order valence-corrected chi connectivity index (χ0v) is 7.20. The molecule has 0 radical (unpaired) electrons. The number of hydrogen-bond donors (Lipinski definition) is 1. The van der Waals surface area contributed by atoms with Crippen molar-refractivity contribution in [1.82, 2.24) is 0 Å². The molecule has 2 nitrogen and oxygen atoms in total. The van der Waals surface area contributed by atoms with Gasteiger partial charge in [-0.05, 0) is 5.92 Å². The Morgan fingerprint density at radius 3 is 2.40 bits per heavy atom. The van der Waals surface area contributed by atoms with Crippen LogP contribution in [0.3, 0.4) is 0 Å². The highest BCUT2D eigenvalue weighted by molar-refractivity contribution is 7.80. The second-order valence-corrected chi connectivity index (χ2v) is 3.30. The van der Waals surface area contributed by atoms with Crippen molar-refractivity contribution in [2.24, 2.45) is 11.7 Å². The van der Waals surface area contributed by atoms with Gasteiger partial charge in [0.15, 0.2) is 0 Å². The lowest BCUT2D eigenvalue weighted by molar-refractivity contribution is -0.118. The van der Waals surface area contributed by atoms with E-state index in [-0.39, 0.29) is 12.2 Å². The molecule has 0 saturated heterocycles. The lowest BCUT2D eigenvalue weighted by atomic mass is 10.1. The van der Waals surface area contributed by atoms with Crippen LogP contribution in [0, 0.1) is 5.92 Å². The normalized spacial score (nSPS) is 9.90. The summed E-state index contributed by atoms with van der Waals surface area (Å²) < 4.78 is 0. The van der Waals surface area contributed by atoms with E-state index in [0.717, 1.165) is 0 Å². The number of thiocarbonyl (C=S) groups is 1. The van der Waals surface area contributed by atoms with E-state index in [2.05, 4.69) is 12.2 Å². The van der Waals surface area contributed by atoms with Crippen molar-refractivity contribution < 1.29 is 4.79 Å². The van der Waals surface area contributed by atoms with Gasteiger partial charge in [0.2, 0.25) is 0 Å². The van der Waals surface area contributed by atoms with Crippen LogP contribution >= 0.6 is 12.2 Å². The van der Waals surface area contributed by atoms with Gasteiger partial charge in [-0.25, -0.2) is 0 Å². The van der Waals surface area contributed by atoms with E-state index in [1.807, 2.05) is 13.8 Å². The Morgan fingerprint density at radius 1 is 1.60 bits per heavy atom. The molecular weight excluding hydrogens is 146 g/mol. The minimum Gasteiger partial charge on any atom is -0.393 e. The van der Waals surface area contributed by atoms with Crippen molar-refractivity contribution in [2.75, 3.05) is 0 Å². The Morgan fingerprint density at radius 2 is 2.10 bits per heavy atom. The van der Waals surface area contributed by atoms with Gasteiger partial charge >= 0.3 is 0 Å². The summed E-state index contributed by atoms with van der Waals surface area (Å²) in [4.78, 5) is 11.2. The first kappa shape index (κ1) is 9.56. The quantitative estimate of drug-likeness (QED) is 0.628. The lowest BCUT2D eigenvalue weighted by Gasteiger charge is -2.01. The molecule has 0 aliphatic heterocycles. The summed E-state index contributed by atoms with van der Waals surface area (Å²) in [5, 5.41) is 0. The molecule has 0 aliphatic rings. The zero-order chi connectivity index (χ0) is 8.15. The van der Waals surface area contributed by atoms with E-state index in [1.165, 1.54) is 0 Å². The van der Waals surface area contributed by atoms with Gasteiger partial charge in [0.05, 0.1) is 11.4 Å². The fourth-order valence-electron chi connectivity index (χ4n) is 0.722. The van der Waals surface area contributed by atoms with Gasteiger partial charge in [-0.1, -0.05) is 26.1 Å². The number of rotatable bonds is 4. The fraction of sp³-hybridized carbons (Fsp3) is 0.714. The third kappa shape index (κ3) is 5.69. The molecule has 0 heterocycles. The van der Waals surface area contributed by atoms with Crippen LogP contribution in [0.2, 0.25) is 0 Å². The highest BCUT2D eigenvalue weighted by Crippen LogP contribution is 2.01. The van der Waals surface area contributed by atoms with E-state index in [9.17, 15) is 4.79 Å². The molecule has 0 spiro atoms. The summed E-state index contributed by atoms with van der Waals surface area (Å²) in [7, 11) is 0. The minimum absolute atomic E-state index is 0.141. The third-order valence-electron chi connectivity index (χ3n) is 1.01. The minimum atomic E-state index is 0.141. The standard InChI is InChI=1S/C7H13NOS/c1-5(2)3-6(9)4-7(8)10/h5H,3-4H2,1-2H3,(H2,8,10). The summed E-state index contributed by atoms with van der Waals surface area (Å²) in [6, 6.07) is 0. The molecule has 0 aromatic rings. The van der Waals surface area contributed by atoms with Crippen LogP contribution in [0.25, 0.3) is 0 Å². The van der Waals surface area contributed by atoms with Gasteiger partial charge in [-0.15, -0.1) is 0 Å². The molecule has 0 unspecified atom stereocenters. The van der Waals surface area contributed by atoms with E-state index >= 15 is 0 Å². The smallest absolute Gasteiger partial charge is 0.139 e. The monoisotopic (exact) mass is 159 g/mol. The number of Topliss-reactive ketones (excluding diaryl/α,β-unsaturated/α-hetero) is 1. The van der Waals surface area contributed by atoms with E-state index in [4.69, 9.17) is 5.73 Å². The molecule has 0 bridgehead atoms. The first-order valence-corrected chi connectivity index (χ1v) is 3.73. The van der Waals surface area contributed by atoms with Crippen molar-refractivity contribution in [2.45, 2.75) is 26.7 Å². The molecular formula is C7H13NOS. The summed E-state index contributed by atoms with van der Waals surface area (Å²) in [6.07, 6.45) is 0.838. The molecule has 0 aromatic carbocycles. The van der Waals surface area contributed by atoms with Crippen molar-refractivity contribution in [3.63, 3.8) is 0 Å². The van der Waals surface area contributed by atoms with Crippen LogP contribution in [0.4, 0.5) is 0 Å². The van der Waals surface area contributed by atoms with Crippen LogP contribution in [0.1, 0.15) is 26.7 Å². The molecule has 0 fully saturated rings. The van der Waals surface area contributed by atoms with E-state index in [0.29, 0.717) is 17.3 Å². The number of carbonyl (C=O) groups excluding carboxylic acids is 1. The number of ketones is 1. The number of nitrogens with two attached hydrogens (primary N) is 1. The lowest BCUT2D eigenvalue weighted by Crippen LogP contribution is -2.15. The number of hydrogen-bond acceptors (Lipinski definition) is 2. The first-order valence-electron chi connectivity index (χ1n) is 3.32. The molecule has 0 atom stereocenters. The van der Waals surface area contributed by atoms with Gasteiger partial charge in [0.1, 0.15) is 5.78 Å². The van der Waals surface area contributed by atoms with Crippen LogP contribution in [-0.2, 0) is 4.79 Å². The molecule has 0 aromatic heterocycles. The van der Waals surface area contributed by atoms with Crippen LogP contribution in [0.15, 0.2) is 0 Å². The molecule has 0 rings (SSSR count). The Labute approximate surface area is 66.8 Å². The van der Waals surface area contributed by atoms with Crippen molar-refractivity contribution >= 4 is 23.0 Å². The van der Waals surface area contributed by atoms with Crippen LogP contribution < -0.4 is 5.73 Å². The maximum Gasteiger partial charge on any atom is 0.139 e. The Kier molecular flexibility index (Phi) is 4.19. The second-order valence-electron chi connectivity index (χ2n) is 2.78. The van der Waals surface area contributed by atoms with E-state index < -0.39 is 0 Å². The summed E-state index contributed by atoms with van der Waals surface area (Å²) in [5.74, 6) is 0.546. The van der Waals surface area contributed by atoms with Gasteiger partial charge in [-0.2, -0.15) is 0 Å². The average molecular weight is 159 g/mol. The van der Waals surface area contributed by atoms with Gasteiger partial charge in [0.25, 0.3) is 0 Å². The van der Waals surface area contributed by atoms with Crippen molar-refractivity contribution in [3.05, 3.63) is 0 Å². The van der Waals surface area contributed by atoms with Crippen molar-refractivity contribution in [1.29, 1.82) is 0 Å². The van der Waals surface area contributed by atoms with Gasteiger partial charge in [-0.3, -0.25) is 4.79 Å².